The van der Waals surface area contributed by atoms with Crippen LogP contribution in [0.25, 0.3) is 11.1 Å². The molecular formula is C30H36N4O4. The highest BCUT2D eigenvalue weighted by atomic mass is 16.6. The van der Waals surface area contributed by atoms with Crippen molar-refractivity contribution in [3.63, 3.8) is 0 Å². The number of rotatable bonds is 4. The van der Waals surface area contributed by atoms with Gasteiger partial charge in [-0.1, -0.05) is 48.5 Å². The summed E-state index contributed by atoms with van der Waals surface area (Å²) in [7, 11) is 0. The van der Waals surface area contributed by atoms with Gasteiger partial charge in [-0.05, 0) is 70.2 Å². The predicted octanol–water partition coefficient (Wildman–Crippen LogP) is 5.39. The first-order chi connectivity index (χ1) is 18.0. The molecule has 0 aliphatic carbocycles. The standard InChI is InChI=1S/C30H36N4O4/c1-18-14-15-34(17-25(18)32-28(36)37-29(4,5)6)30(22-10-8-7-9-11-22)23-16-21(12-13-24(23)31-27(30)35)26-19(2)33-38-20(26)3/h7-13,16,18,25H,14-15,17H2,1-6H3,(H,31,35)(H,32,36)/t18?,25-,30?/m0/s1. The molecule has 1 fully saturated rings. The molecule has 3 aromatic rings. The summed E-state index contributed by atoms with van der Waals surface area (Å²) >= 11 is 0. The summed E-state index contributed by atoms with van der Waals surface area (Å²) in [5, 5.41) is 10.4. The average molecular weight is 517 g/mol. The Morgan fingerprint density at radius 3 is 2.58 bits per heavy atom. The van der Waals surface area contributed by atoms with Gasteiger partial charge in [0.1, 0.15) is 11.4 Å². The molecule has 2 N–H and O–H groups in total. The third-order valence-corrected chi connectivity index (χ3v) is 7.63. The number of piperidine rings is 1. The lowest BCUT2D eigenvalue weighted by atomic mass is 9.78. The van der Waals surface area contributed by atoms with Crippen LogP contribution in [0.2, 0.25) is 0 Å². The van der Waals surface area contributed by atoms with Crippen molar-refractivity contribution >= 4 is 17.7 Å². The Kier molecular flexibility index (Phi) is 6.55. The van der Waals surface area contributed by atoms with Crippen LogP contribution in [0.3, 0.4) is 0 Å². The van der Waals surface area contributed by atoms with E-state index in [1.54, 1.807) is 0 Å². The number of nitrogens with zero attached hydrogens (tertiary/aromatic N) is 2. The minimum Gasteiger partial charge on any atom is -0.444 e. The van der Waals surface area contributed by atoms with Gasteiger partial charge in [0.15, 0.2) is 5.54 Å². The van der Waals surface area contributed by atoms with Crippen molar-refractivity contribution in [2.75, 3.05) is 18.4 Å². The zero-order valence-electron chi connectivity index (χ0n) is 22.9. The molecule has 0 bridgehead atoms. The fraction of sp³-hybridized carbons (Fsp3) is 0.433. The van der Waals surface area contributed by atoms with Crippen molar-refractivity contribution < 1.29 is 18.8 Å². The smallest absolute Gasteiger partial charge is 0.407 e. The molecule has 8 nitrogen and oxygen atoms in total. The molecule has 38 heavy (non-hydrogen) atoms. The van der Waals surface area contributed by atoms with Crippen molar-refractivity contribution in [3.8, 4) is 11.1 Å². The van der Waals surface area contributed by atoms with Crippen LogP contribution in [0.1, 0.15) is 56.7 Å². The van der Waals surface area contributed by atoms with Crippen LogP contribution in [-0.4, -0.2) is 46.8 Å². The minimum absolute atomic E-state index is 0.0971. The Labute approximate surface area is 223 Å². The molecule has 0 spiro atoms. The summed E-state index contributed by atoms with van der Waals surface area (Å²) in [6.45, 7) is 12.7. The van der Waals surface area contributed by atoms with Gasteiger partial charge in [0.2, 0.25) is 0 Å². The maximum Gasteiger partial charge on any atom is 0.407 e. The average Bonchev–Trinajstić information content (AvgIpc) is 3.34. The molecule has 2 aliphatic rings. The van der Waals surface area contributed by atoms with Crippen LogP contribution in [-0.2, 0) is 15.1 Å². The van der Waals surface area contributed by atoms with Gasteiger partial charge in [0, 0.05) is 35.9 Å². The molecule has 2 aliphatic heterocycles. The number of amides is 2. The number of hydrogen-bond donors (Lipinski definition) is 2. The van der Waals surface area contributed by atoms with Crippen LogP contribution in [0.4, 0.5) is 10.5 Å². The van der Waals surface area contributed by atoms with E-state index in [-0.39, 0.29) is 17.9 Å². The van der Waals surface area contributed by atoms with Crippen molar-refractivity contribution in [1.82, 2.24) is 15.4 Å². The third kappa shape index (κ3) is 4.47. The lowest BCUT2D eigenvalue weighted by molar-refractivity contribution is -0.126. The van der Waals surface area contributed by atoms with E-state index in [0.29, 0.717) is 13.1 Å². The normalized spacial score (nSPS) is 23.6. The summed E-state index contributed by atoms with van der Waals surface area (Å²) in [6.07, 6.45) is 0.378. The lowest BCUT2D eigenvalue weighted by Gasteiger charge is -2.46. The van der Waals surface area contributed by atoms with Crippen LogP contribution < -0.4 is 10.6 Å². The van der Waals surface area contributed by atoms with Crippen LogP contribution in [0.5, 0.6) is 0 Å². The van der Waals surface area contributed by atoms with E-state index < -0.39 is 17.2 Å². The molecule has 5 rings (SSSR count). The number of likely N-dealkylation sites (tertiary alicyclic amines) is 1. The summed E-state index contributed by atoms with van der Waals surface area (Å²) in [4.78, 5) is 29.0. The molecule has 0 radical (unpaired) electrons. The molecular weight excluding hydrogens is 480 g/mol. The SMILES string of the molecule is Cc1noc(C)c1-c1ccc2c(c1)C(c1ccccc1)(N1CCC(C)[C@@H](NC(=O)OC(C)(C)C)C1)C(=O)N2. The Hall–Kier alpha value is -3.65. The second-order valence-corrected chi connectivity index (χ2v) is 11.5. The molecule has 3 heterocycles. The summed E-state index contributed by atoms with van der Waals surface area (Å²) < 4.78 is 11.0. The number of ether oxygens (including phenoxy) is 1. The third-order valence-electron chi connectivity index (χ3n) is 7.63. The number of carbonyl (C=O) groups is 2. The number of aromatic nitrogens is 1. The van der Waals surface area contributed by atoms with Crippen LogP contribution >= 0.6 is 0 Å². The highest BCUT2D eigenvalue weighted by Crippen LogP contribution is 2.48. The van der Waals surface area contributed by atoms with Crippen molar-refractivity contribution in [2.24, 2.45) is 5.92 Å². The molecule has 2 aromatic carbocycles. The van der Waals surface area contributed by atoms with E-state index >= 15 is 0 Å². The lowest BCUT2D eigenvalue weighted by Crippen LogP contribution is -2.61. The Morgan fingerprint density at radius 2 is 1.92 bits per heavy atom. The fourth-order valence-corrected chi connectivity index (χ4v) is 5.82. The second-order valence-electron chi connectivity index (χ2n) is 11.5. The zero-order chi connectivity index (χ0) is 27.2. The first kappa shape index (κ1) is 26.0. The Bertz CT molecular complexity index is 1340. The molecule has 200 valence electrons. The van der Waals surface area contributed by atoms with Gasteiger partial charge in [-0.3, -0.25) is 9.69 Å². The molecule has 0 saturated carbocycles. The topological polar surface area (TPSA) is 96.7 Å². The number of aryl methyl sites for hydroxylation is 2. The molecule has 8 heteroatoms. The first-order valence-corrected chi connectivity index (χ1v) is 13.2. The predicted molar refractivity (Wildman–Crippen MR) is 146 cm³/mol. The summed E-state index contributed by atoms with van der Waals surface area (Å²) in [5.74, 6) is 0.864. The van der Waals surface area contributed by atoms with Crippen molar-refractivity contribution in [1.29, 1.82) is 0 Å². The molecule has 1 aromatic heterocycles. The van der Waals surface area contributed by atoms with Gasteiger partial charge in [-0.2, -0.15) is 0 Å². The van der Waals surface area contributed by atoms with Crippen LogP contribution in [0.15, 0.2) is 53.1 Å². The second kappa shape index (κ2) is 9.58. The highest BCUT2D eigenvalue weighted by molar-refractivity contribution is 6.09. The quantitative estimate of drug-likeness (QED) is 0.483. The van der Waals surface area contributed by atoms with E-state index in [4.69, 9.17) is 9.26 Å². The van der Waals surface area contributed by atoms with Gasteiger partial charge in [-0.25, -0.2) is 4.79 Å². The summed E-state index contributed by atoms with van der Waals surface area (Å²) in [5.41, 5.74) is 3.60. The van der Waals surface area contributed by atoms with Crippen LogP contribution in [0, 0.1) is 19.8 Å². The van der Waals surface area contributed by atoms with Gasteiger partial charge >= 0.3 is 6.09 Å². The highest BCUT2D eigenvalue weighted by Gasteiger charge is 2.54. The number of benzene rings is 2. The maximum atomic E-state index is 14.1. The number of nitrogens with one attached hydrogen (secondary N) is 2. The number of anilines is 1. The molecule has 2 amide bonds. The van der Waals surface area contributed by atoms with E-state index in [2.05, 4.69) is 33.7 Å². The van der Waals surface area contributed by atoms with E-state index in [9.17, 15) is 9.59 Å². The number of carbonyl (C=O) groups excluding carboxylic acids is 2. The van der Waals surface area contributed by atoms with Gasteiger partial charge in [-0.15, -0.1) is 0 Å². The Balaban J connectivity index is 1.60. The zero-order valence-corrected chi connectivity index (χ0v) is 22.9. The minimum atomic E-state index is -1.06. The first-order valence-electron chi connectivity index (χ1n) is 13.2. The Morgan fingerprint density at radius 1 is 1.18 bits per heavy atom. The number of hydrogen-bond acceptors (Lipinski definition) is 6. The van der Waals surface area contributed by atoms with E-state index in [1.165, 1.54) is 0 Å². The van der Waals surface area contributed by atoms with E-state index in [0.717, 1.165) is 45.8 Å². The number of alkyl carbamates (subject to hydrolysis) is 1. The number of fused-ring (bicyclic) bond motifs is 1. The van der Waals surface area contributed by atoms with Gasteiger partial charge in [0.25, 0.3) is 5.91 Å². The molecule has 2 unspecified atom stereocenters. The molecule has 1 saturated heterocycles. The largest absolute Gasteiger partial charge is 0.444 e. The van der Waals surface area contributed by atoms with Crippen molar-refractivity contribution in [3.05, 3.63) is 71.1 Å². The summed E-state index contributed by atoms with van der Waals surface area (Å²) in [6, 6.07) is 15.8. The van der Waals surface area contributed by atoms with Gasteiger partial charge in [0.05, 0.1) is 5.69 Å². The maximum absolute atomic E-state index is 14.1. The fourth-order valence-electron chi connectivity index (χ4n) is 5.82. The van der Waals surface area contributed by atoms with E-state index in [1.807, 2.05) is 77.1 Å². The van der Waals surface area contributed by atoms with Gasteiger partial charge < -0.3 is 19.9 Å². The molecule has 3 atom stereocenters. The van der Waals surface area contributed by atoms with Crippen molar-refractivity contribution in [2.45, 2.75) is 65.1 Å². The monoisotopic (exact) mass is 516 g/mol.